The molecule has 0 saturated heterocycles. The summed E-state index contributed by atoms with van der Waals surface area (Å²) in [6.07, 6.45) is 16.7. The molecule has 3 aliphatic rings. The van der Waals surface area contributed by atoms with E-state index in [4.69, 9.17) is 4.74 Å². The van der Waals surface area contributed by atoms with Gasteiger partial charge in [-0.2, -0.15) is 0 Å². The second-order valence-electron chi connectivity index (χ2n) is 20.1. The zero-order valence-corrected chi connectivity index (χ0v) is 43.5. The Morgan fingerprint density at radius 2 is 0.775 bits per heavy atom. The molecule has 3 unspecified atom stereocenters. The molecule has 0 radical (unpaired) electrons. The summed E-state index contributed by atoms with van der Waals surface area (Å²) >= 11 is 0. The molecule has 9 rings (SSSR count). The van der Waals surface area contributed by atoms with Crippen LogP contribution in [0.2, 0.25) is 0 Å². The Labute approximate surface area is 427 Å². The summed E-state index contributed by atoms with van der Waals surface area (Å²) in [5.41, 5.74) is 12.0. The lowest BCUT2D eigenvalue weighted by Gasteiger charge is -2.35. The third-order valence-corrected chi connectivity index (χ3v) is 15.3. The lowest BCUT2D eigenvalue weighted by molar-refractivity contribution is 0.180. The number of fused-ring (bicyclic) bond motifs is 3. The van der Waals surface area contributed by atoms with Gasteiger partial charge in [0.1, 0.15) is 23.0 Å². The Morgan fingerprint density at radius 3 is 1.17 bits per heavy atom. The van der Waals surface area contributed by atoms with E-state index >= 15 is 0 Å². The van der Waals surface area contributed by atoms with Gasteiger partial charge in [-0.15, -0.1) is 0 Å². The van der Waals surface area contributed by atoms with Gasteiger partial charge in [0.25, 0.3) is 0 Å². The van der Waals surface area contributed by atoms with Gasteiger partial charge in [0.05, 0.1) is 7.11 Å². The highest BCUT2D eigenvalue weighted by Crippen LogP contribution is 2.34. The van der Waals surface area contributed by atoms with Gasteiger partial charge < -0.3 is 20.1 Å². The highest BCUT2D eigenvalue weighted by molar-refractivity contribution is 5.44. The minimum Gasteiger partial charge on any atom is -0.508 e. The molecule has 3 aliphatic carbocycles. The lowest BCUT2D eigenvalue weighted by Crippen LogP contribution is -2.41. The number of aryl methyl sites for hydroxylation is 3. The zero-order chi connectivity index (χ0) is 49.8. The number of benzene rings is 6. The van der Waals surface area contributed by atoms with Gasteiger partial charge in [0.15, 0.2) is 0 Å². The first-order valence-corrected chi connectivity index (χ1v) is 27.1. The van der Waals surface area contributed by atoms with Crippen molar-refractivity contribution in [3.63, 3.8) is 0 Å². The van der Waals surface area contributed by atoms with Crippen LogP contribution in [0, 0.1) is 0 Å². The van der Waals surface area contributed by atoms with Crippen LogP contribution in [0.5, 0.6) is 23.0 Å². The predicted octanol–water partition coefficient (Wildman–Crippen LogP) is 12.6. The molecule has 71 heavy (non-hydrogen) atoms. The van der Waals surface area contributed by atoms with E-state index in [-0.39, 0.29) is 0 Å². The molecule has 0 bridgehead atoms. The highest BCUT2D eigenvalue weighted by Gasteiger charge is 2.28. The number of ether oxygens (including phenoxy) is 1. The lowest BCUT2D eigenvalue weighted by atomic mass is 9.86. The molecule has 0 aliphatic heterocycles. The molecule has 0 fully saturated rings. The van der Waals surface area contributed by atoms with Crippen molar-refractivity contribution >= 4 is 0 Å². The summed E-state index contributed by atoms with van der Waals surface area (Å²) < 4.78 is 5.61. The van der Waals surface area contributed by atoms with Gasteiger partial charge in [-0.05, 0) is 196 Å². The van der Waals surface area contributed by atoms with E-state index in [1.165, 1.54) is 83.2 Å². The van der Waals surface area contributed by atoms with E-state index in [1.807, 2.05) is 36.4 Å². The number of hydrogen-bond acceptors (Lipinski definition) is 7. The van der Waals surface area contributed by atoms with Gasteiger partial charge in [-0.1, -0.05) is 130 Å². The number of nitrogens with zero attached hydrogens (tertiary/aromatic N) is 3. The molecule has 3 N–H and O–H groups in total. The van der Waals surface area contributed by atoms with Crippen molar-refractivity contribution in [2.75, 3.05) is 46.4 Å². The van der Waals surface area contributed by atoms with Gasteiger partial charge in [0.2, 0.25) is 0 Å². The molecule has 6 aromatic carbocycles. The van der Waals surface area contributed by atoms with Crippen LogP contribution in [0.4, 0.5) is 0 Å². The molecular weight excluding hydrogens is 875 g/mol. The Kier molecular flexibility index (Phi) is 20.9. The molecule has 0 amide bonds. The maximum Gasteiger partial charge on any atom is 0.122 e. The first-order chi connectivity index (χ1) is 34.8. The van der Waals surface area contributed by atoms with Crippen molar-refractivity contribution in [1.82, 2.24) is 14.7 Å². The molecule has 0 heterocycles. The summed E-state index contributed by atoms with van der Waals surface area (Å²) in [5.74, 6) is 2.32. The number of aromatic hydroxyl groups is 3. The summed E-state index contributed by atoms with van der Waals surface area (Å²) in [5, 5.41) is 29.8. The summed E-state index contributed by atoms with van der Waals surface area (Å²) in [7, 11) is 1.79. The van der Waals surface area contributed by atoms with Crippen LogP contribution in [0.15, 0.2) is 140 Å². The Bertz CT molecular complexity index is 2460. The number of phenols is 3. The number of hydrogen-bond donors (Lipinski definition) is 3. The molecule has 0 spiro atoms. The number of rotatable bonds is 19. The largest absolute Gasteiger partial charge is 0.508 e. The van der Waals surface area contributed by atoms with E-state index < -0.39 is 0 Å². The molecule has 3 atom stereocenters. The second kappa shape index (κ2) is 27.9. The van der Waals surface area contributed by atoms with Crippen LogP contribution in [0.1, 0.15) is 109 Å². The van der Waals surface area contributed by atoms with E-state index in [2.05, 4.69) is 126 Å². The van der Waals surface area contributed by atoms with Crippen molar-refractivity contribution in [3.05, 3.63) is 190 Å². The van der Waals surface area contributed by atoms with Crippen LogP contribution < -0.4 is 4.74 Å². The van der Waals surface area contributed by atoms with Gasteiger partial charge in [0, 0.05) is 37.8 Å². The average molecular weight is 958 g/mol. The number of phenolic OH excluding ortho intramolecular Hbond substituents is 3. The van der Waals surface area contributed by atoms with Crippen molar-refractivity contribution in [2.24, 2.45) is 0 Å². The molecule has 7 nitrogen and oxygen atoms in total. The minimum atomic E-state index is 0.323. The van der Waals surface area contributed by atoms with Crippen LogP contribution in [-0.4, -0.2) is 94.5 Å². The van der Waals surface area contributed by atoms with Gasteiger partial charge in [-0.25, -0.2) is 0 Å². The fourth-order valence-corrected chi connectivity index (χ4v) is 11.4. The van der Waals surface area contributed by atoms with E-state index in [0.29, 0.717) is 35.4 Å². The van der Waals surface area contributed by atoms with Crippen LogP contribution in [0.3, 0.4) is 0 Å². The topological polar surface area (TPSA) is 79.6 Å². The first kappa shape index (κ1) is 53.2. The Balaban J connectivity index is 0.000000157. The zero-order valence-electron chi connectivity index (χ0n) is 43.5. The van der Waals surface area contributed by atoms with Crippen molar-refractivity contribution < 1.29 is 20.1 Å². The van der Waals surface area contributed by atoms with Crippen molar-refractivity contribution in [3.8, 4) is 23.0 Å². The Morgan fingerprint density at radius 1 is 0.408 bits per heavy atom. The number of methoxy groups -OCH3 is 1. The van der Waals surface area contributed by atoms with E-state index in [1.54, 1.807) is 19.2 Å². The molecule has 378 valence electrons. The van der Waals surface area contributed by atoms with Crippen LogP contribution >= 0.6 is 0 Å². The molecular formula is C64H83N3O4. The smallest absolute Gasteiger partial charge is 0.122 e. The maximum atomic E-state index is 10.2. The molecule has 7 heteroatoms. The average Bonchev–Trinajstić information content (AvgIpc) is 3.41. The highest BCUT2D eigenvalue weighted by atomic mass is 16.5. The van der Waals surface area contributed by atoms with Gasteiger partial charge >= 0.3 is 0 Å². The normalized spacial score (nSPS) is 17.0. The maximum absolute atomic E-state index is 10.2. The first-order valence-electron chi connectivity index (χ1n) is 27.1. The molecule has 0 aromatic heterocycles. The molecule has 6 aromatic rings. The monoisotopic (exact) mass is 958 g/mol. The van der Waals surface area contributed by atoms with Crippen LogP contribution in [0.25, 0.3) is 0 Å². The second-order valence-corrected chi connectivity index (χ2v) is 20.1. The van der Waals surface area contributed by atoms with Crippen LogP contribution in [-0.2, 0) is 57.8 Å². The van der Waals surface area contributed by atoms with Gasteiger partial charge in [-0.3, -0.25) is 14.7 Å². The van der Waals surface area contributed by atoms with E-state index in [9.17, 15) is 15.3 Å². The molecule has 0 saturated carbocycles. The standard InChI is InChI=1S/C22H29NO.C21H27NO2.C21H27NO/c1-3-15-23(16-14-18-8-5-4-6-9-18)20-13-12-19-10-7-11-22(24-2)21(19)17-20;1-2-13-22(14-12-16-6-10-19(23)11-7-16)18-9-8-17-4-3-5-21(24)20(17)15-18;1-2-14-22(15-13-17-7-4-3-5-8-17)19-12-11-18-9-6-10-21(23)20(18)16-19/h4-11,20H,3,12-17H2,1-2H3;3-7,10-11,18,23-24H,2,8-9,12-15H2,1H3;3-10,19,23H,2,11-16H2,1H3. The Hall–Kier alpha value is -5.60. The summed E-state index contributed by atoms with van der Waals surface area (Å²) in [6, 6.07) is 49.2. The van der Waals surface area contributed by atoms with Crippen molar-refractivity contribution in [1.29, 1.82) is 0 Å². The fraction of sp³-hybridized carbons (Fsp3) is 0.438. The third-order valence-electron chi connectivity index (χ3n) is 15.3. The predicted molar refractivity (Wildman–Crippen MR) is 294 cm³/mol. The van der Waals surface area contributed by atoms with Crippen molar-refractivity contribution in [2.45, 2.75) is 135 Å². The quantitative estimate of drug-likeness (QED) is 0.0746. The summed E-state index contributed by atoms with van der Waals surface area (Å²) in [6.45, 7) is 13.4. The fourth-order valence-electron chi connectivity index (χ4n) is 11.4. The minimum absolute atomic E-state index is 0.323. The summed E-state index contributed by atoms with van der Waals surface area (Å²) in [4.78, 5) is 7.90. The third kappa shape index (κ3) is 15.4. The SMILES string of the molecule is CCCN(CCc1ccc(O)cc1)C1CCc2cccc(O)c2C1.CCCN(CCc1ccccc1)C1CCc2cccc(O)c2C1.CCCN(CCc1ccccc1)C1CCc2cccc(OC)c2C1. The van der Waals surface area contributed by atoms with E-state index in [0.717, 1.165) is 108 Å².